The van der Waals surface area contributed by atoms with Crippen LogP contribution < -0.4 is 5.32 Å². The topological polar surface area (TPSA) is 47.9 Å². The highest BCUT2D eigenvalue weighted by atomic mass is 127. The number of hydrogen-bond acceptors (Lipinski definition) is 2. The van der Waals surface area contributed by atoms with Gasteiger partial charge in [0.15, 0.2) is 5.96 Å². The lowest BCUT2D eigenvalue weighted by atomic mass is 9.90. The zero-order valence-corrected chi connectivity index (χ0v) is 18.7. The Kier molecular flexibility index (Phi) is 9.38. The van der Waals surface area contributed by atoms with E-state index in [0.29, 0.717) is 0 Å². The smallest absolute Gasteiger partial charge is 0.244 e. The van der Waals surface area contributed by atoms with E-state index in [9.17, 15) is 4.79 Å². The van der Waals surface area contributed by atoms with Crippen LogP contribution in [0.3, 0.4) is 0 Å². The second kappa shape index (κ2) is 11.5. The number of carbonyl (C=O) groups excluding carboxylic acids is 1. The van der Waals surface area contributed by atoms with Crippen LogP contribution in [0.4, 0.5) is 0 Å². The fourth-order valence-electron chi connectivity index (χ4n) is 3.93. The van der Waals surface area contributed by atoms with Gasteiger partial charge >= 0.3 is 0 Å². The number of halogens is 1. The molecule has 0 aliphatic carbocycles. The van der Waals surface area contributed by atoms with Crippen molar-refractivity contribution >= 4 is 35.8 Å². The Morgan fingerprint density at radius 3 is 2.37 bits per heavy atom. The number of likely N-dealkylation sites (tertiary alicyclic amines) is 2. The SMILES string of the molecule is CCNC(=NCC(=O)N1CCCC1)N1CCC(Cc2ccccc2)CC1.I. The van der Waals surface area contributed by atoms with Gasteiger partial charge in [-0.25, -0.2) is 4.99 Å². The lowest BCUT2D eigenvalue weighted by molar-refractivity contribution is -0.128. The average molecular weight is 484 g/mol. The third-order valence-corrected chi connectivity index (χ3v) is 5.44. The van der Waals surface area contributed by atoms with E-state index in [-0.39, 0.29) is 36.4 Å². The fourth-order valence-corrected chi connectivity index (χ4v) is 3.93. The molecule has 0 atom stereocenters. The van der Waals surface area contributed by atoms with Gasteiger partial charge in [-0.15, -0.1) is 24.0 Å². The van der Waals surface area contributed by atoms with E-state index >= 15 is 0 Å². The summed E-state index contributed by atoms with van der Waals surface area (Å²) in [7, 11) is 0. The third kappa shape index (κ3) is 6.66. The van der Waals surface area contributed by atoms with Gasteiger partial charge in [0.05, 0.1) is 0 Å². The molecular weight excluding hydrogens is 451 g/mol. The van der Waals surface area contributed by atoms with Crippen LogP contribution in [0.5, 0.6) is 0 Å². The Balaban J connectivity index is 0.00000261. The van der Waals surface area contributed by atoms with Crippen molar-refractivity contribution in [2.45, 2.75) is 39.0 Å². The van der Waals surface area contributed by atoms with Crippen molar-refractivity contribution in [2.24, 2.45) is 10.9 Å². The molecule has 5 nitrogen and oxygen atoms in total. The molecular formula is C21H33IN4O. The number of benzene rings is 1. The first-order chi connectivity index (χ1) is 12.8. The average Bonchev–Trinajstić information content (AvgIpc) is 3.21. The maximum absolute atomic E-state index is 12.3. The van der Waals surface area contributed by atoms with E-state index in [1.807, 2.05) is 4.90 Å². The second-order valence-corrected chi connectivity index (χ2v) is 7.38. The van der Waals surface area contributed by atoms with Crippen LogP contribution >= 0.6 is 24.0 Å². The molecule has 2 saturated heterocycles. The quantitative estimate of drug-likeness (QED) is 0.397. The molecule has 2 aliphatic rings. The van der Waals surface area contributed by atoms with E-state index in [0.717, 1.165) is 63.9 Å². The molecule has 150 valence electrons. The minimum Gasteiger partial charge on any atom is -0.357 e. The van der Waals surface area contributed by atoms with Crippen LogP contribution in [-0.2, 0) is 11.2 Å². The molecule has 0 saturated carbocycles. The predicted octanol–water partition coefficient (Wildman–Crippen LogP) is 3.15. The molecule has 27 heavy (non-hydrogen) atoms. The van der Waals surface area contributed by atoms with Gasteiger partial charge in [-0.3, -0.25) is 4.79 Å². The Bertz CT molecular complexity index is 593. The number of piperidine rings is 1. The minimum atomic E-state index is 0. The molecule has 2 aliphatic heterocycles. The first-order valence-electron chi connectivity index (χ1n) is 10.1. The molecule has 0 spiro atoms. The molecule has 2 fully saturated rings. The molecule has 0 aromatic heterocycles. The van der Waals surface area contributed by atoms with Gasteiger partial charge in [0.1, 0.15) is 6.54 Å². The predicted molar refractivity (Wildman–Crippen MR) is 122 cm³/mol. The molecule has 0 radical (unpaired) electrons. The van der Waals surface area contributed by atoms with Crippen molar-refractivity contribution in [1.82, 2.24) is 15.1 Å². The van der Waals surface area contributed by atoms with Crippen molar-refractivity contribution in [1.29, 1.82) is 0 Å². The summed E-state index contributed by atoms with van der Waals surface area (Å²) in [6.45, 7) is 7.01. The summed E-state index contributed by atoms with van der Waals surface area (Å²) in [4.78, 5) is 21.2. The van der Waals surface area contributed by atoms with Crippen LogP contribution in [0.1, 0.15) is 38.2 Å². The number of nitrogens with one attached hydrogen (secondary N) is 1. The molecule has 1 aromatic carbocycles. The van der Waals surface area contributed by atoms with Crippen molar-refractivity contribution in [3.63, 3.8) is 0 Å². The van der Waals surface area contributed by atoms with E-state index in [1.165, 1.54) is 18.4 Å². The largest absolute Gasteiger partial charge is 0.357 e. The fraction of sp³-hybridized carbons (Fsp3) is 0.619. The van der Waals surface area contributed by atoms with Crippen LogP contribution in [0.15, 0.2) is 35.3 Å². The third-order valence-electron chi connectivity index (χ3n) is 5.44. The van der Waals surface area contributed by atoms with Gasteiger partial charge in [0, 0.05) is 32.7 Å². The summed E-state index contributed by atoms with van der Waals surface area (Å²) in [6.07, 6.45) is 5.78. The van der Waals surface area contributed by atoms with E-state index < -0.39 is 0 Å². The van der Waals surface area contributed by atoms with Gasteiger partial charge in [0.25, 0.3) is 0 Å². The van der Waals surface area contributed by atoms with Gasteiger partial charge in [-0.05, 0) is 50.5 Å². The van der Waals surface area contributed by atoms with Gasteiger partial charge in [-0.1, -0.05) is 30.3 Å². The maximum atomic E-state index is 12.3. The molecule has 1 N–H and O–H groups in total. The summed E-state index contributed by atoms with van der Waals surface area (Å²) in [5.74, 6) is 1.80. The summed E-state index contributed by atoms with van der Waals surface area (Å²) < 4.78 is 0. The monoisotopic (exact) mass is 484 g/mol. The van der Waals surface area contributed by atoms with Crippen LogP contribution in [-0.4, -0.2) is 60.9 Å². The highest BCUT2D eigenvalue weighted by Gasteiger charge is 2.22. The number of guanidine groups is 1. The Labute approximate surface area is 180 Å². The van der Waals surface area contributed by atoms with Crippen LogP contribution in [0.2, 0.25) is 0 Å². The zero-order chi connectivity index (χ0) is 18.2. The number of nitrogens with zero attached hydrogens (tertiary/aromatic N) is 3. The lowest BCUT2D eigenvalue weighted by Gasteiger charge is -2.34. The van der Waals surface area contributed by atoms with E-state index in [2.05, 4.69) is 52.5 Å². The second-order valence-electron chi connectivity index (χ2n) is 7.38. The summed E-state index contributed by atoms with van der Waals surface area (Å²) in [5.41, 5.74) is 1.43. The van der Waals surface area contributed by atoms with E-state index in [4.69, 9.17) is 0 Å². The molecule has 1 aromatic rings. The summed E-state index contributed by atoms with van der Waals surface area (Å²) in [5, 5.41) is 3.37. The number of hydrogen-bond donors (Lipinski definition) is 1. The maximum Gasteiger partial charge on any atom is 0.244 e. The number of amides is 1. The normalized spacial score (nSPS) is 18.3. The Morgan fingerprint density at radius 1 is 1.07 bits per heavy atom. The molecule has 6 heteroatoms. The standard InChI is InChI=1S/C21H32N4O.HI/c1-2-22-21(23-17-20(26)24-12-6-7-13-24)25-14-10-19(11-15-25)16-18-8-4-3-5-9-18;/h3-5,8-9,19H,2,6-7,10-17H2,1H3,(H,22,23);1H. The lowest BCUT2D eigenvalue weighted by Crippen LogP contribution is -2.46. The van der Waals surface area contributed by atoms with Crippen molar-refractivity contribution in [3.8, 4) is 0 Å². The highest BCUT2D eigenvalue weighted by molar-refractivity contribution is 14.0. The van der Waals surface area contributed by atoms with Crippen LogP contribution in [0.25, 0.3) is 0 Å². The van der Waals surface area contributed by atoms with Crippen LogP contribution in [0, 0.1) is 5.92 Å². The minimum absolute atomic E-state index is 0. The molecule has 1 amide bonds. The Morgan fingerprint density at radius 2 is 1.74 bits per heavy atom. The summed E-state index contributed by atoms with van der Waals surface area (Å²) >= 11 is 0. The first-order valence-corrected chi connectivity index (χ1v) is 10.1. The number of carbonyl (C=O) groups is 1. The molecule has 0 bridgehead atoms. The van der Waals surface area contributed by atoms with Crippen molar-refractivity contribution < 1.29 is 4.79 Å². The zero-order valence-electron chi connectivity index (χ0n) is 16.4. The van der Waals surface area contributed by atoms with Gasteiger partial charge in [-0.2, -0.15) is 0 Å². The van der Waals surface area contributed by atoms with Gasteiger partial charge < -0.3 is 15.1 Å². The number of aliphatic imine (C=N–C) groups is 1. The van der Waals surface area contributed by atoms with Crippen molar-refractivity contribution in [2.75, 3.05) is 39.3 Å². The number of rotatable bonds is 5. The van der Waals surface area contributed by atoms with Gasteiger partial charge in [0.2, 0.25) is 5.91 Å². The highest BCUT2D eigenvalue weighted by Crippen LogP contribution is 2.21. The molecule has 0 unspecified atom stereocenters. The summed E-state index contributed by atoms with van der Waals surface area (Å²) in [6, 6.07) is 10.8. The molecule has 3 rings (SSSR count). The Hall–Kier alpha value is -1.31. The van der Waals surface area contributed by atoms with E-state index in [1.54, 1.807) is 0 Å². The van der Waals surface area contributed by atoms with Crippen molar-refractivity contribution in [3.05, 3.63) is 35.9 Å². The first kappa shape index (κ1) is 22.0. The molecule has 2 heterocycles.